The van der Waals surface area contributed by atoms with Crippen LogP contribution in [0.5, 0.6) is 0 Å². The fraction of sp³-hybridized carbons (Fsp3) is 0.889. The molecular formula is C9H15NO3. The third-order valence-corrected chi connectivity index (χ3v) is 2.95. The van der Waals surface area contributed by atoms with Crippen LogP contribution in [-0.4, -0.2) is 43.4 Å². The number of rotatable bonds is 1. The molecule has 0 spiro atoms. The Balaban J connectivity index is 2.31. The van der Waals surface area contributed by atoms with Crippen LogP contribution in [0.15, 0.2) is 0 Å². The van der Waals surface area contributed by atoms with Gasteiger partial charge < -0.3 is 14.4 Å². The molecule has 13 heavy (non-hydrogen) atoms. The largest absolute Gasteiger partial charge is 0.371 e. The maximum atomic E-state index is 11.8. The van der Waals surface area contributed by atoms with Crippen LogP contribution in [0.25, 0.3) is 0 Å². The van der Waals surface area contributed by atoms with Gasteiger partial charge in [-0.05, 0) is 0 Å². The first-order valence-corrected chi connectivity index (χ1v) is 4.54. The lowest BCUT2D eigenvalue weighted by atomic mass is 9.88. The molecule has 0 aromatic rings. The van der Waals surface area contributed by atoms with Crippen molar-refractivity contribution in [2.75, 3.05) is 20.3 Å². The van der Waals surface area contributed by atoms with E-state index in [0.717, 1.165) is 0 Å². The third-order valence-electron chi connectivity index (χ3n) is 2.95. The van der Waals surface area contributed by atoms with Crippen LogP contribution in [0.1, 0.15) is 13.8 Å². The minimum absolute atomic E-state index is 0.0648. The van der Waals surface area contributed by atoms with Crippen molar-refractivity contribution < 1.29 is 14.3 Å². The molecule has 0 aromatic heterocycles. The summed E-state index contributed by atoms with van der Waals surface area (Å²) in [5.74, 6) is 0.0648. The van der Waals surface area contributed by atoms with Crippen molar-refractivity contribution in [1.29, 1.82) is 0 Å². The highest BCUT2D eigenvalue weighted by molar-refractivity contribution is 5.85. The number of hydrogen-bond donors (Lipinski definition) is 0. The molecule has 0 bridgehead atoms. The monoisotopic (exact) mass is 185 g/mol. The Morgan fingerprint density at radius 3 is 2.85 bits per heavy atom. The molecule has 0 saturated carbocycles. The van der Waals surface area contributed by atoms with Crippen LogP contribution < -0.4 is 0 Å². The molecule has 1 amide bonds. The van der Waals surface area contributed by atoms with Crippen LogP contribution in [0.3, 0.4) is 0 Å². The lowest BCUT2D eigenvalue weighted by molar-refractivity contribution is -0.137. The number of nitrogens with zero attached hydrogens (tertiary/aromatic N) is 1. The molecule has 4 heteroatoms. The lowest BCUT2D eigenvalue weighted by Crippen LogP contribution is -2.36. The van der Waals surface area contributed by atoms with Gasteiger partial charge in [0.15, 0.2) is 0 Å². The summed E-state index contributed by atoms with van der Waals surface area (Å²) in [5.41, 5.74) is -0.234. The fourth-order valence-corrected chi connectivity index (χ4v) is 2.31. The summed E-state index contributed by atoms with van der Waals surface area (Å²) in [7, 11) is 1.58. The van der Waals surface area contributed by atoms with Crippen molar-refractivity contribution in [3.63, 3.8) is 0 Å². The highest BCUT2D eigenvalue weighted by Gasteiger charge is 2.56. The average Bonchev–Trinajstić information content (AvgIpc) is 2.57. The maximum Gasteiger partial charge on any atom is 0.254 e. The minimum atomic E-state index is -0.349. The topological polar surface area (TPSA) is 38.8 Å². The van der Waals surface area contributed by atoms with Crippen molar-refractivity contribution in [3.8, 4) is 0 Å². The van der Waals surface area contributed by atoms with Crippen molar-refractivity contribution in [2.24, 2.45) is 5.41 Å². The SMILES string of the molecule is CO[C@@H]1C(=O)N2CCO[C@H]2C1(C)C. The molecule has 2 aliphatic heterocycles. The zero-order valence-corrected chi connectivity index (χ0v) is 8.24. The Morgan fingerprint density at radius 2 is 2.31 bits per heavy atom. The van der Waals surface area contributed by atoms with E-state index >= 15 is 0 Å². The van der Waals surface area contributed by atoms with Crippen LogP contribution in [0.4, 0.5) is 0 Å². The first-order valence-electron chi connectivity index (χ1n) is 4.54. The van der Waals surface area contributed by atoms with Gasteiger partial charge in [0.2, 0.25) is 0 Å². The van der Waals surface area contributed by atoms with Gasteiger partial charge in [-0.15, -0.1) is 0 Å². The summed E-state index contributed by atoms with van der Waals surface area (Å²) in [4.78, 5) is 13.5. The van der Waals surface area contributed by atoms with Crippen molar-refractivity contribution in [1.82, 2.24) is 4.90 Å². The quantitative estimate of drug-likeness (QED) is 0.587. The molecule has 74 valence electrons. The van der Waals surface area contributed by atoms with Gasteiger partial charge in [0.1, 0.15) is 12.3 Å². The van der Waals surface area contributed by atoms with E-state index in [1.54, 1.807) is 12.0 Å². The second-order valence-corrected chi connectivity index (χ2v) is 4.19. The van der Waals surface area contributed by atoms with E-state index in [2.05, 4.69) is 0 Å². The van der Waals surface area contributed by atoms with E-state index in [9.17, 15) is 4.79 Å². The Kier molecular flexibility index (Phi) is 1.85. The van der Waals surface area contributed by atoms with E-state index in [4.69, 9.17) is 9.47 Å². The second-order valence-electron chi connectivity index (χ2n) is 4.19. The zero-order valence-electron chi connectivity index (χ0n) is 8.24. The van der Waals surface area contributed by atoms with Gasteiger partial charge in [-0.25, -0.2) is 0 Å². The average molecular weight is 185 g/mol. The summed E-state index contributed by atoms with van der Waals surface area (Å²) >= 11 is 0. The van der Waals surface area contributed by atoms with Gasteiger partial charge in [0.25, 0.3) is 5.91 Å². The number of amides is 1. The molecule has 2 atom stereocenters. The van der Waals surface area contributed by atoms with Crippen molar-refractivity contribution in [3.05, 3.63) is 0 Å². The first-order chi connectivity index (χ1) is 6.09. The van der Waals surface area contributed by atoms with Crippen LogP contribution >= 0.6 is 0 Å². The number of fused-ring (bicyclic) bond motifs is 1. The van der Waals surface area contributed by atoms with E-state index in [1.165, 1.54) is 0 Å². The minimum Gasteiger partial charge on any atom is -0.371 e. The van der Waals surface area contributed by atoms with E-state index in [-0.39, 0.29) is 23.7 Å². The molecule has 0 aliphatic carbocycles. The summed E-state index contributed by atoms with van der Waals surface area (Å²) in [6, 6.07) is 0. The third kappa shape index (κ3) is 1.02. The predicted molar refractivity (Wildman–Crippen MR) is 46.0 cm³/mol. The summed E-state index contributed by atoms with van der Waals surface area (Å²) < 4.78 is 10.7. The molecule has 2 heterocycles. The highest BCUT2D eigenvalue weighted by atomic mass is 16.5. The summed E-state index contributed by atoms with van der Waals surface area (Å²) in [6.07, 6.45) is -0.442. The van der Waals surface area contributed by atoms with Gasteiger partial charge in [0.05, 0.1) is 6.61 Å². The van der Waals surface area contributed by atoms with Gasteiger partial charge in [-0.3, -0.25) is 4.79 Å². The molecule has 2 saturated heterocycles. The standard InChI is InChI=1S/C9H15NO3/c1-9(2)6(12-3)7(11)10-4-5-13-8(9)10/h6,8H,4-5H2,1-3H3/t6-,8+/m1/s1. The van der Waals surface area contributed by atoms with Gasteiger partial charge in [-0.1, -0.05) is 13.8 Å². The van der Waals surface area contributed by atoms with Gasteiger partial charge in [0, 0.05) is 19.1 Å². The van der Waals surface area contributed by atoms with Crippen molar-refractivity contribution in [2.45, 2.75) is 26.2 Å². The smallest absolute Gasteiger partial charge is 0.254 e. The molecule has 0 unspecified atom stereocenters. The number of methoxy groups -OCH3 is 1. The molecule has 2 fully saturated rings. The molecule has 4 nitrogen and oxygen atoms in total. The van der Waals surface area contributed by atoms with Crippen molar-refractivity contribution >= 4 is 5.91 Å². The molecule has 0 radical (unpaired) electrons. The normalized spacial score (nSPS) is 36.8. The molecule has 0 N–H and O–H groups in total. The first kappa shape index (κ1) is 8.97. The van der Waals surface area contributed by atoms with Crippen LogP contribution in [0.2, 0.25) is 0 Å². The Labute approximate surface area is 77.8 Å². The number of hydrogen-bond acceptors (Lipinski definition) is 3. The zero-order chi connectivity index (χ0) is 9.64. The number of carbonyl (C=O) groups excluding carboxylic acids is 1. The fourth-order valence-electron chi connectivity index (χ4n) is 2.31. The Hall–Kier alpha value is -0.610. The van der Waals surface area contributed by atoms with Gasteiger partial charge >= 0.3 is 0 Å². The predicted octanol–water partition coefficient (Wildman–Crippen LogP) is 0.226. The maximum absolute atomic E-state index is 11.8. The molecule has 2 aliphatic rings. The Bertz CT molecular complexity index is 239. The second kappa shape index (κ2) is 2.69. The summed E-state index contributed by atoms with van der Waals surface area (Å²) in [6.45, 7) is 5.37. The molecule has 0 aromatic carbocycles. The number of ether oxygens (including phenoxy) is 2. The van der Waals surface area contributed by atoms with E-state index in [0.29, 0.717) is 13.2 Å². The number of carbonyl (C=O) groups is 1. The molecular weight excluding hydrogens is 170 g/mol. The Morgan fingerprint density at radius 1 is 1.62 bits per heavy atom. The van der Waals surface area contributed by atoms with Gasteiger partial charge in [-0.2, -0.15) is 0 Å². The lowest BCUT2D eigenvalue weighted by Gasteiger charge is -2.27. The van der Waals surface area contributed by atoms with Crippen LogP contribution in [-0.2, 0) is 14.3 Å². The highest BCUT2D eigenvalue weighted by Crippen LogP contribution is 2.41. The molecule has 2 rings (SSSR count). The summed E-state index contributed by atoms with van der Waals surface area (Å²) in [5, 5.41) is 0. The van der Waals surface area contributed by atoms with E-state index in [1.807, 2.05) is 13.8 Å². The van der Waals surface area contributed by atoms with Crippen LogP contribution in [0, 0.1) is 5.41 Å². The van der Waals surface area contributed by atoms with E-state index < -0.39 is 0 Å².